The predicted octanol–water partition coefficient (Wildman–Crippen LogP) is 9.85. The van der Waals surface area contributed by atoms with Gasteiger partial charge in [-0.25, -0.2) is 0 Å². The van der Waals surface area contributed by atoms with Crippen LogP contribution in [0.2, 0.25) is 0 Å². The first kappa shape index (κ1) is 20.4. The number of benzene rings is 6. The molecule has 0 spiro atoms. The number of hydrogen-bond acceptors (Lipinski definition) is 0. The van der Waals surface area contributed by atoms with E-state index in [-0.39, 0.29) is 0 Å². The molecule has 0 aliphatic carbocycles. The molecule has 0 atom stereocenters. The zero-order chi connectivity index (χ0) is 22.5. The van der Waals surface area contributed by atoms with Crippen LogP contribution in [0.15, 0.2) is 97.1 Å². The molecule has 6 aromatic carbocycles. The summed E-state index contributed by atoms with van der Waals surface area (Å²) in [5.41, 5.74) is 5.16. The minimum Gasteiger partial charge on any atom is -0.0616 e. The summed E-state index contributed by atoms with van der Waals surface area (Å²) in [6, 6.07) is 35.6. The van der Waals surface area contributed by atoms with Gasteiger partial charge in [0.1, 0.15) is 0 Å². The Balaban J connectivity index is 1.62. The van der Waals surface area contributed by atoms with Gasteiger partial charge >= 0.3 is 0 Å². The summed E-state index contributed by atoms with van der Waals surface area (Å²) in [5.74, 6) is 0. The van der Waals surface area contributed by atoms with Crippen LogP contribution in [-0.2, 0) is 0 Å². The zero-order valence-electron chi connectivity index (χ0n) is 18.7. The number of aryl methyl sites for hydroxylation is 2. The largest absolute Gasteiger partial charge is 0.0616 e. The monoisotopic (exact) mass is 534 g/mol. The second-order valence-corrected chi connectivity index (χ2v) is 10.0. The van der Waals surface area contributed by atoms with Crippen molar-refractivity contribution in [3.63, 3.8) is 0 Å². The van der Waals surface area contributed by atoms with Gasteiger partial charge in [-0.15, -0.1) is 0 Å². The van der Waals surface area contributed by atoms with Crippen LogP contribution in [0.3, 0.4) is 0 Å². The lowest BCUT2D eigenvalue weighted by atomic mass is 9.91. The van der Waals surface area contributed by atoms with E-state index in [2.05, 4.69) is 140 Å². The highest BCUT2D eigenvalue weighted by atomic mass is 127. The lowest BCUT2D eigenvalue weighted by Gasteiger charge is -2.14. The highest BCUT2D eigenvalue weighted by molar-refractivity contribution is 14.1. The molecule has 0 saturated carbocycles. The van der Waals surface area contributed by atoms with Crippen LogP contribution in [0.25, 0.3) is 52.7 Å². The molecule has 0 unspecified atom stereocenters. The molecule has 1 heteroatoms. The van der Waals surface area contributed by atoms with Crippen LogP contribution in [0.4, 0.5) is 0 Å². The standard InChI is InChI=1S/C32H23I/c1-20-14-15-24-22(16-20)8-7-9-23(24)18-32(33)29-19-31-28-13-6-4-11-26(28)25-10-3-5-12-27(25)30(31)17-21(29)2/h3-19H,1-2H3. The van der Waals surface area contributed by atoms with Gasteiger partial charge in [0.25, 0.3) is 0 Å². The van der Waals surface area contributed by atoms with Gasteiger partial charge in [0.05, 0.1) is 0 Å². The molecule has 0 aromatic heterocycles. The number of rotatable bonds is 2. The van der Waals surface area contributed by atoms with Gasteiger partial charge in [-0.2, -0.15) is 0 Å². The summed E-state index contributed by atoms with van der Waals surface area (Å²) >= 11 is 2.51. The number of halogens is 1. The molecule has 0 fully saturated rings. The maximum atomic E-state index is 2.51. The second-order valence-electron chi connectivity index (χ2n) is 8.87. The molecule has 0 radical (unpaired) electrons. The summed E-state index contributed by atoms with van der Waals surface area (Å²) in [4.78, 5) is 0. The van der Waals surface area contributed by atoms with Crippen molar-refractivity contribution in [3.05, 3.63) is 119 Å². The Morgan fingerprint density at radius 2 is 1.18 bits per heavy atom. The van der Waals surface area contributed by atoms with E-state index >= 15 is 0 Å². The van der Waals surface area contributed by atoms with Crippen molar-refractivity contribution < 1.29 is 0 Å². The Hall–Kier alpha value is -3.17. The molecular weight excluding hydrogens is 511 g/mol. The van der Waals surface area contributed by atoms with Crippen LogP contribution in [-0.4, -0.2) is 0 Å². The molecule has 0 heterocycles. The SMILES string of the molecule is Cc1ccc2c(C=C(I)c3cc4c5ccccc5c5ccccc5c4cc3C)cccc2c1. The topological polar surface area (TPSA) is 0 Å². The second kappa shape index (κ2) is 8.00. The van der Waals surface area contributed by atoms with Gasteiger partial charge in [0.15, 0.2) is 0 Å². The van der Waals surface area contributed by atoms with E-state index in [4.69, 9.17) is 0 Å². The normalized spacial score (nSPS) is 12.3. The summed E-state index contributed by atoms with van der Waals surface area (Å²) in [5, 5.41) is 10.5. The van der Waals surface area contributed by atoms with E-state index in [1.807, 2.05) is 0 Å². The van der Waals surface area contributed by atoms with E-state index in [0.29, 0.717) is 0 Å². The van der Waals surface area contributed by atoms with E-state index < -0.39 is 0 Å². The first-order valence-electron chi connectivity index (χ1n) is 11.3. The highest BCUT2D eigenvalue weighted by Crippen LogP contribution is 2.39. The summed E-state index contributed by atoms with van der Waals surface area (Å²) in [6.45, 7) is 4.38. The lowest BCUT2D eigenvalue weighted by Crippen LogP contribution is -1.89. The van der Waals surface area contributed by atoms with E-state index in [9.17, 15) is 0 Å². The number of hydrogen-bond donors (Lipinski definition) is 0. The highest BCUT2D eigenvalue weighted by Gasteiger charge is 2.12. The summed E-state index contributed by atoms with van der Waals surface area (Å²) in [6.07, 6.45) is 2.33. The Morgan fingerprint density at radius 3 is 1.85 bits per heavy atom. The van der Waals surface area contributed by atoms with Crippen molar-refractivity contribution in [2.24, 2.45) is 0 Å². The van der Waals surface area contributed by atoms with Gasteiger partial charge in [0.2, 0.25) is 0 Å². The van der Waals surface area contributed by atoms with Gasteiger partial charge in [-0.3, -0.25) is 0 Å². The van der Waals surface area contributed by atoms with Crippen LogP contribution < -0.4 is 0 Å². The molecule has 0 nitrogen and oxygen atoms in total. The van der Waals surface area contributed by atoms with Crippen LogP contribution in [0.5, 0.6) is 0 Å². The molecule has 158 valence electrons. The van der Waals surface area contributed by atoms with Crippen LogP contribution >= 0.6 is 22.6 Å². The Morgan fingerprint density at radius 1 is 0.576 bits per heavy atom. The van der Waals surface area contributed by atoms with Crippen molar-refractivity contribution >= 4 is 75.3 Å². The molecule has 0 aliphatic heterocycles. The molecule has 6 aromatic rings. The smallest absolute Gasteiger partial charge is 0.0211 e. The van der Waals surface area contributed by atoms with Crippen LogP contribution in [0.1, 0.15) is 22.3 Å². The van der Waals surface area contributed by atoms with E-state index in [1.165, 1.54) is 68.9 Å². The minimum absolute atomic E-state index is 1.26. The third kappa shape index (κ3) is 3.43. The quantitative estimate of drug-likeness (QED) is 0.118. The maximum Gasteiger partial charge on any atom is 0.0211 e. The first-order valence-corrected chi connectivity index (χ1v) is 12.4. The molecule has 0 aliphatic rings. The third-order valence-corrected chi connectivity index (χ3v) is 7.59. The molecular formula is C32H23I. The summed E-state index contributed by atoms with van der Waals surface area (Å²) < 4.78 is 1.26. The molecule has 0 saturated heterocycles. The van der Waals surface area contributed by atoms with E-state index in [0.717, 1.165) is 0 Å². The van der Waals surface area contributed by atoms with Crippen molar-refractivity contribution in [2.45, 2.75) is 13.8 Å². The van der Waals surface area contributed by atoms with Crippen molar-refractivity contribution in [2.75, 3.05) is 0 Å². The fourth-order valence-electron chi connectivity index (χ4n) is 5.08. The van der Waals surface area contributed by atoms with Crippen molar-refractivity contribution in [1.29, 1.82) is 0 Å². The average Bonchev–Trinajstić information content (AvgIpc) is 2.84. The fourth-order valence-corrected chi connectivity index (χ4v) is 6.00. The van der Waals surface area contributed by atoms with Gasteiger partial charge < -0.3 is 0 Å². The molecule has 0 amide bonds. The average molecular weight is 534 g/mol. The van der Waals surface area contributed by atoms with Gasteiger partial charge in [-0.05, 0) is 108 Å². The fraction of sp³-hybridized carbons (Fsp3) is 0.0625. The number of fused-ring (bicyclic) bond motifs is 7. The van der Waals surface area contributed by atoms with Crippen LogP contribution in [0, 0.1) is 13.8 Å². The summed E-state index contributed by atoms with van der Waals surface area (Å²) in [7, 11) is 0. The Kier molecular flexibility index (Phi) is 4.95. The zero-order valence-corrected chi connectivity index (χ0v) is 20.9. The Labute approximate surface area is 207 Å². The van der Waals surface area contributed by atoms with E-state index in [1.54, 1.807) is 0 Å². The third-order valence-electron chi connectivity index (χ3n) is 6.70. The van der Waals surface area contributed by atoms with Gasteiger partial charge in [-0.1, -0.05) is 96.6 Å². The lowest BCUT2D eigenvalue weighted by molar-refractivity contribution is 1.48. The van der Waals surface area contributed by atoms with Gasteiger partial charge in [0, 0.05) is 3.58 Å². The maximum absolute atomic E-state index is 2.51. The predicted molar refractivity (Wildman–Crippen MR) is 154 cm³/mol. The molecule has 0 N–H and O–H groups in total. The first-order chi connectivity index (χ1) is 16.1. The molecule has 33 heavy (non-hydrogen) atoms. The Bertz CT molecular complexity index is 1740. The molecule has 6 rings (SSSR count). The molecule has 0 bridgehead atoms. The minimum atomic E-state index is 1.26. The van der Waals surface area contributed by atoms with Crippen molar-refractivity contribution in [1.82, 2.24) is 0 Å². The van der Waals surface area contributed by atoms with Crippen molar-refractivity contribution in [3.8, 4) is 0 Å².